The van der Waals surface area contributed by atoms with Gasteiger partial charge in [-0.1, -0.05) is 29.8 Å². The maximum absolute atomic E-state index is 12.6. The summed E-state index contributed by atoms with van der Waals surface area (Å²) in [5.74, 6) is -0.150. The van der Waals surface area contributed by atoms with E-state index in [-0.39, 0.29) is 17.9 Å². The number of aryl methyl sites for hydroxylation is 3. The van der Waals surface area contributed by atoms with Crippen molar-refractivity contribution in [3.05, 3.63) is 87.8 Å². The van der Waals surface area contributed by atoms with Gasteiger partial charge in [0, 0.05) is 29.2 Å². The number of para-hydroxylation sites is 2. The van der Waals surface area contributed by atoms with Crippen molar-refractivity contribution in [3.8, 4) is 0 Å². The minimum absolute atomic E-state index is 0.0469. The average molecular weight is 361 g/mol. The van der Waals surface area contributed by atoms with Gasteiger partial charge in [-0.2, -0.15) is 0 Å². The number of pyridine rings is 1. The number of rotatable bonds is 5. The van der Waals surface area contributed by atoms with Crippen LogP contribution in [0.2, 0.25) is 0 Å². The van der Waals surface area contributed by atoms with E-state index in [1.807, 2.05) is 73.9 Å². The SMILES string of the molecule is Cc1ccc(Nc2ccccc2NC(=O)Cn2c(C)cc(=O)cc2C)cc1. The maximum Gasteiger partial charge on any atom is 0.244 e. The van der Waals surface area contributed by atoms with Crippen LogP contribution in [0, 0.1) is 20.8 Å². The number of anilines is 3. The first-order valence-corrected chi connectivity index (χ1v) is 8.83. The molecule has 138 valence electrons. The van der Waals surface area contributed by atoms with Crippen LogP contribution in [-0.2, 0) is 11.3 Å². The summed E-state index contributed by atoms with van der Waals surface area (Å²) in [7, 11) is 0. The van der Waals surface area contributed by atoms with E-state index >= 15 is 0 Å². The predicted molar refractivity (Wildman–Crippen MR) is 110 cm³/mol. The van der Waals surface area contributed by atoms with Crippen molar-refractivity contribution in [1.82, 2.24) is 4.57 Å². The lowest BCUT2D eigenvalue weighted by molar-refractivity contribution is -0.116. The summed E-state index contributed by atoms with van der Waals surface area (Å²) in [5, 5.41) is 6.30. The molecule has 0 radical (unpaired) electrons. The molecule has 0 fully saturated rings. The number of amides is 1. The second kappa shape index (κ2) is 7.91. The zero-order valence-corrected chi connectivity index (χ0v) is 15.7. The molecule has 1 aromatic heterocycles. The Morgan fingerprint density at radius 1 is 0.889 bits per heavy atom. The van der Waals surface area contributed by atoms with Gasteiger partial charge in [0.2, 0.25) is 5.91 Å². The van der Waals surface area contributed by atoms with Crippen LogP contribution in [0.4, 0.5) is 17.1 Å². The summed E-state index contributed by atoms with van der Waals surface area (Å²) in [6.07, 6.45) is 0. The van der Waals surface area contributed by atoms with Crippen LogP contribution in [0.15, 0.2) is 65.5 Å². The Hall–Kier alpha value is -3.34. The minimum Gasteiger partial charge on any atom is -0.354 e. The van der Waals surface area contributed by atoms with Gasteiger partial charge in [0.15, 0.2) is 5.43 Å². The summed E-state index contributed by atoms with van der Waals surface area (Å²) < 4.78 is 1.83. The third kappa shape index (κ3) is 4.64. The van der Waals surface area contributed by atoms with E-state index < -0.39 is 0 Å². The smallest absolute Gasteiger partial charge is 0.244 e. The monoisotopic (exact) mass is 361 g/mol. The van der Waals surface area contributed by atoms with Crippen molar-refractivity contribution in [2.75, 3.05) is 10.6 Å². The van der Waals surface area contributed by atoms with Gasteiger partial charge in [0.05, 0.1) is 11.4 Å². The van der Waals surface area contributed by atoms with E-state index in [9.17, 15) is 9.59 Å². The van der Waals surface area contributed by atoms with Gasteiger partial charge >= 0.3 is 0 Å². The molecule has 1 amide bonds. The van der Waals surface area contributed by atoms with Crippen LogP contribution in [0.25, 0.3) is 0 Å². The minimum atomic E-state index is -0.150. The molecule has 0 aliphatic heterocycles. The number of carbonyl (C=O) groups excluding carboxylic acids is 1. The van der Waals surface area contributed by atoms with E-state index in [2.05, 4.69) is 10.6 Å². The summed E-state index contributed by atoms with van der Waals surface area (Å²) >= 11 is 0. The van der Waals surface area contributed by atoms with Gasteiger partial charge in [0.25, 0.3) is 0 Å². The fourth-order valence-electron chi connectivity index (χ4n) is 2.96. The molecule has 0 unspecified atom stereocenters. The van der Waals surface area contributed by atoms with E-state index in [4.69, 9.17) is 0 Å². The Balaban J connectivity index is 1.77. The molecule has 0 saturated heterocycles. The highest BCUT2D eigenvalue weighted by Gasteiger charge is 2.10. The molecule has 0 spiro atoms. The highest BCUT2D eigenvalue weighted by Crippen LogP contribution is 2.25. The van der Waals surface area contributed by atoms with Gasteiger partial charge < -0.3 is 15.2 Å². The highest BCUT2D eigenvalue weighted by molar-refractivity contribution is 5.94. The first-order valence-electron chi connectivity index (χ1n) is 8.83. The molecule has 3 aromatic rings. The Bertz CT molecular complexity index is 994. The predicted octanol–water partition coefficient (Wildman–Crippen LogP) is 4.16. The van der Waals surface area contributed by atoms with Crippen LogP contribution in [0.5, 0.6) is 0 Å². The number of nitrogens with one attached hydrogen (secondary N) is 2. The second-order valence-corrected chi connectivity index (χ2v) is 6.64. The zero-order chi connectivity index (χ0) is 19.4. The quantitative estimate of drug-likeness (QED) is 0.717. The van der Waals surface area contributed by atoms with Crippen LogP contribution in [-0.4, -0.2) is 10.5 Å². The molecule has 3 rings (SSSR count). The van der Waals surface area contributed by atoms with E-state index in [0.29, 0.717) is 5.69 Å². The molecule has 0 atom stereocenters. The summed E-state index contributed by atoms with van der Waals surface area (Å²) in [6.45, 7) is 5.85. The van der Waals surface area contributed by atoms with Crippen molar-refractivity contribution in [1.29, 1.82) is 0 Å². The molecular weight excluding hydrogens is 338 g/mol. The van der Waals surface area contributed by atoms with Gasteiger partial charge in [-0.25, -0.2) is 0 Å². The molecule has 2 aromatic carbocycles. The van der Waals surface area contributed by atoms with Gasteiger partial charge in [0.1, 0.15) is 6.54 Å². The molecule has 5 heteroatoms. The Morgan fingerprint density at radius 3 is 2.11 bits per heavy atom. The van der Waals surface area contributed by atoms with Gasteiger partial charge in [-0.3, -0.25) is 9.59 Å². The summed E-state index contributed by atoms with van der Waals surface area (Å²) in [4.78, 5) is 24.1. The van der Waals surface area contributed by atoms with E-state index in [0.717, 1.165) is 22.8 Å². The largest absolute Gasteiger partial charge is 0.354 e. The third-order valence-corrected chi connectivity index (χ3v) is 4.39. The number of benzene rings is 2. The molecule has 1 heterocycles. The zero-order valence-electron chi connectivity index (χ0n) is 15.7. The van der Waals surface area contributed by atoms with Crippen molar-refractivity contribution in [3.63, 3.8) is 0 Å². The van der Waals surface area contributed by atoms with Crippen molar-refractivity contribution in [2.45, 2.75) is 27.3 Å². The van der Waals surface area contributed by atoms with Gasteiger partial charge in [-0.05, 0) is 45.0 Å². The molecule has 2 N–H and O–H groups in total. The van der Waals surface area contributed by atoms with Crippen molar-refractivity contribution in [2.24, 2.45) is 0 Å². The molecule has 5 nitrogen and oxygen atoms in total. The van der Waals surface area contributed by atoms with Crippen LogP contribution in [0.3, 0.4) is 0 Å². The lowest BCUT2D eigenvalue weighted by Gasteiger charge is -2.16. The van der Waals surface area contributed by atoms with E-state index in [1.54, 1.807) is 0 Å². The first kappa shape index (κ1) is 18.5. The molecule has 0 aliphatic rings. The Morgan fingerprint density at radius 2 is 1.48 bits per heavy atom. The number of hydrogen-bond acceptors (Lipinski definition) is 3. The second-order valence-electron chi connectivity index (χ2n) is 6.64. The Labute approximate surface area is 158 Å². The van der Waals surface area contributed by atoms with Gasteiger partial charge in [-0.15, -0.1) is 0 Å². The number of aromatic nitrogens is 1. The number of carbonyl (C=O) groups is 1. The molecule has 0 bridgehead atoms. The third-order valence-electron chi connectivity index (χ3n) is 4.39. The number of hydrogen-bond donors (Lipinski definition) is 2. The lowest BCUT2D eigenvalue weighted by Crippen LogP contribution is -2.23. The Kier molecular flexibility index (Phi) is 5.41. The number of nitrogens with zero attached hydrogens (tertiary/aromatic N) is 1. The maximum atomic E-state index is 12.6. The standard InChI is InChI=1S/C22H23N3O2/c1-15-8-10-18(11-9-15)23-20-6-4-5-7-21(20)24-22(27)14-25-16(2)12-19(26)13-17(25)3/h4-13,23H,14H2,1-3H3,(H,24,27). The highest BCUT2D eigenvalue weighted by atomic mass is 16.2. The fraction of sp³-hybridized carbons (Fsp3) is 0.182. The normalized spacial score (nSPS) is 10.5. The van der Waals surface area contributed by atoms with Crippen molar-refractivity contribution >= 4 is 23.0 Å². The molecule has 0 aliphatic carbocycles. The average Bonchev–Trinajstić information content (AvgIpc) is 2.62. The molecular formula is C22H23N3O2. The van der Waals surface area contributed by atoms with Crippen LogP contribution >= 0.6 is 0 Å². The van der Waals surface area contributed by atoms with E-state index in [1.165, 1.54) is 17.7 Å². The fourth-order valence-corrected chi connectivity index (χ4v) is 2.96. The molecule has 0 saturated carbocycles. The molecule has 27 heavy (non-hydrogen) atoms. The lowest BCUT2D eigenvalue weighted by atomic mass is 10.2. The van der Waals surface area contributed by atoms with Crippen molar-refractivity contribution < 1.29 is 4.79 Å². The van der Waals surface area contributed by atoms with Crippen LogP contribution in [0.1, 0.15) is 17.0 Å². The summed E-state index contributed by atoms with van der Waals surface area (Å²) in [5.41, 5.74) is 5.16. The first-order chi connectivity index (χ1) is 12.9. The van der Waals surface area contributed by atoms with Crippen LogP contribution < -0.4 is 16.1 Å². The summed E-state index contributed by atoms with van der Waals surface area (Å²) in [6, 6.07) is 18.7. The topological polar surface area (TPSA) is 63.1 Å².